The summed E-state index contributed by atoms with van der Waals surface area (Å²) < 4.78 is 12.2. The minimum atomic E-state index is -3.11. The van der Waals surface area contributed by atoms with Gasteiger partial charge in [0.1, 0.15) is 0 Å². The van der Waals surface area contributed by atoms with Gasteiger partial charge >= 0.3 is 7.59 Å². The molecule has 0 amide bonds. The first kappa shape index (κ1) is 7.47. The SMILES string of the molecule is NP(N)(=O)N1C=NC=CC1. The van der Waals surface area contributed by atoms with Crippen LogP contribution in [0.4, 0.5) is 0 Å². The predicted molar refractivity (Wildman–Crippen MR) is 40.3 cm³/mol. The van der Waals surface area contributed by atoms with E-state index in [1.54, 1.807) is 12.3 Å². The number of nitrogens with zero attached hydrogens (tertiary/aromatic N) is 2. The van der Waals surface area contributed by atoms with Crippen molar-refractivity contribution in [3.05, 3.63) is 12.3 Å². The largest absolute Gasteiger partial charge is 0.301 e. The summed E-state index contributed by atoms with van der Waals surface area (Å²) in [5.74, 6) is 0. The maximum Gasteiger partial charge on any atom is 0.301 e. The summed E-state index contributed by atoms with van der Waals surface area (Å²) in [6.45, 7) is 0.466. The van der Waals surface area contributed by atoms with Crippen molar-refractivity contribution in [1.29, 1.82) is 0 Å². The Hall–Kier alpha value is -0.640. The molecule has 0 aliphatic carbocycles. The average molecular weight is 160 g/mol. The normalized spacial score (nSPS) is 18.0. The molecule has 0 saturated carbocycles. The summed E-state index contributed by atoms with van der Waals surface area (Å²) in [5.41, 5.74) is 10.3. The molecule has 4 N–H and O–H groups in total. The first-order valence-electron chi connectivity index (χ1n) is 2.73. The van der Waals surface area contributed by atoms with Crippen LogP contribution < -0.4 is 11.0 Å². The molecule has 0 aromatic rings. The monoisotopic (exact) mass is 160 g/mol. The Kier molecular flexibility index (Phi) is 1.89. The third kappa shape index (κ3) is 1.67. The van der Waals surface area contributed by atoms with E-state index in [9.17, 15) is 4.57 Å². The molecule has 1 aliphatic heterocycles. The molecule has 0 saturated heterocycles. The molecule has 0 unspecified atom stereocenters. The fourth-order valence-corrected chi connectivity index (χ4v) is 1.16. The molecule has 1 rings (SSSR count). The molecule has 10 heavy (non-hydrogen) atoms. The minimum Gasteiger partial charge on any atom is -0.286 e. The van der Waals surface area contributed by atoms with Gasteiger partial charge in [0.15, 0.2) is 0 Å². The van der Waals surface area contributed by atoms with E-state index in [2.05, 4.69) is 4.99 Å². The van der Waals surface area contributed by atoms with E-state index < -0.39 is 7.59 Å². The fraction of sp³-hybridized carbons (Fsp3) is 0.250. The van der Waals surface area contributed by atoms with Crippen molar-refractivity contribution in [2.24, 2.45) is 16.0 Å². The molecule has 5 nitrogen and oxygen atoms in total. The second kappa shape index (κ2) is 2.54. The van der Waals surface area contributed by atoms with Crippen LogP contribution in [0.1, 0.15) is 0 Å². The van der Waals surface area contributed by atoms with Crippen molar-refractivity contribution < 1.29 is 4.57 Å². The number of nitrogens with two attached hydrogens (primary N) is 2. The van der Waals surface area contributed by atoms with Crippen molar-refractivity contribution in [2.75, 3.05) is 6.54 Å². The third-order valence-electron chi connectivity index (χ3n) is 1.09. The Balaban J connectivity index is 2.69. The second-order valence-corrected chi connectivity index (χ2v) is 3.80. The summed E-state index contributed by atoms with van der Waals surface area (Å²) in [6.07, 6.45) is 4.71. The number of hydrogen-bond donors (Lipinski definition) is 2. The second-order valence-electron chi connectivity index (χ2n) is 1.94. The van der Waals surface area contributed by atoms with Gasteiger partial charge < -0.3 is 0 Å². The highest BCUT2D eigenvalue weighted by atomic mass is 31.2. The molecule has 1 heterocycles. The number of rotatable bonds is 1. The molecule has 56 valence electrons. The van der Waals surface area contributed by atoms with Crippen LogP contribution in [0.3, 0.4) is 0 Å². The van der Waals surface area contributed by atoms with Crippen LogP contribution in [-0.2, 0) is 4.57 Å². The van der Waals surface area contributed by atoms with Crippen LogP contribution in [0, 0.1) is 0 Å². The van der Waals surface area contributed by atoms with Gasteiger partial charge in [-0.15, -0.1) is 0 Å². The number of hydrogen-bond acceptors (Lipinski definition) is 2. The van der Waals surface area contributed by atoms with Crippen LogP contribution in [0.2, 0.25) is 0 Å². The van der Waals surface area contributed by atoms with Crippen molar-refractivity contribution in [3.63, 3.8) is 0 Å². The molecule has 6 heteroatoms. The van der Waals surface area contributed by atoms with Gasteiger partial charge in [-0.1, -0.05) is 0 Å². The summed E-state index contributed by atoms with van der Waals surface area (Å²) in [6, 6.07) is 0. The van der Waals surface area contributed by atoms with E-state index in [-0.39, 0.29) is 0 Å². The average Bonchev–Trinajstić information content (AvgIpc) is 1.88. The smallest absolute Gasteiger partial charge is 0.286 e. The molecule has 0 spiro atoms. The van der Waals surface area contributed by atoms with Gasteiger partial charge in [0.05, 0.1) is 6.34 Å². The quantitative estimate of drug-likeness (QED) is 0.523. The van der Waals surface area contributed by atoms with Gasteiger partial charge in [-0.2, -0.15) is 0 Å². The van der Waals surface area contributed by atoms with Gasteiger partial charge in [0, 0.05) is 12.7 Å². The van der Waals surface area contributed by atoms with Gasteiger partial charge in [-0.3, -0.25) is 20.2 Å². The predicted octanol–water partition coefficient (Wildman–Crippen LogP) is -0.131. The highest BCUT2D eigenvalue weighted by Gasteiger charge is 2.16. The van der Waals surface area contributed by atoms with Crippen molar-refractivity contribution in [2.45, 2.75) is 0 Å². The van der Waals surface area contributed by atoms with Crippen molar-refractivity contribution >= 4 is 13.9 Å². The molecule has 0 fully saturated rings. The molecular weight excluding hydrogens is 151 g/mol. The Morgan fingerprint density at radius 1 is 1.60 bits per heavy atom. The standard InChI is InChI=1S/C4H9N4OP/c5-10(6,9)8-3-1-2-7-4-8/h1-2,4H,3H2,(H4,5,6,9). The molecule has 0 aromatic heterocycles. The molecular formula is C4H9N4OP. The van der Waals surface area contributed by atoms with Gasteiger partial charge in [-0.05, 0) is 6.08 Å². The van der Waals surface area contributed by atoms with E-state index in [1.807, 2.05) is 0 Å². The Labute approximate surface area is 58.9 Å². The minimum absolute atomic E-state index is 0.466. The zero-order chi connectivity index (χ0) is 7.61. The van der Waals surface area contributed by atoms with Gasteiger partial charge in [0.2, 0.25) is 0 Å². The van der Waals surface area contributed by atoms with Crippen molar-refractivity contribution in [3.8, 4) is 0 Å². The van der Waals surface area contributed by atoms with E-state index >= 15 is 0 Å². The van der Waals surface area contributed by atoms with E-state index in [0.29, 0.717) is 6.54 Å². The first-order chi connectivity index (χ1) is 4.61. The van der Waals surface area contributed by atoms with Crippen LogP contribution >= 0.6 is 7.59 Å². The van der Waals surface area contributed by atoms with E-state index in [4.69, 9.17) is 11.0 Å². The Morgan fingerprint density at radius 2 is 2.30 bits per heavy atom. The van der Waals surface area contributed by atoms with Gasteiger partial charge in [-0.25, -0.2) is 4.99 Å². The summed E-state index contributed by atoms with van der Waals surface area (Å²) in [4.78, 5) is 3.71. The molecule has 0 radical (unpaired) electrons. The Morgan fingerprint density at radius 3 is 2.60 bits per heavy atom. The summed E-state index contributed by atoms with van der Waals surface area (Å²) in [7, 11) is -3.11. The lowest BCUT2D eigenvalue weighted by molar-refractivity contribution is 0.535. The zero-order valence-electron chi connectivity index (χ0n) is 5.34. The lowest BCUT2D eigenvalue weighted by Crippen LogP contribution is -2.28. The number of aliphatic imine (C=N–C) groups is 1. The lowest BCUT2D eigenvalue weighted by atomic mass is 10.6. The van der Waals surface area contributed by atoms with Crippen LogP contribution in [-0.4, -0.2) is 17.6 Å². The van der Waals surface area contributed by atoms with Crippen LogP contribution in [0.25, 0.3) is 0 Å². The maximum absolute atomic E-state index is 10.9. The molecule has 0 atom stereocenters. The summed E-state index contributed by atoms with van der Waals surface area (Å²) in [5, 5.41) is 0. The highest BCUT2D eigenvalue weighted by Crippen LogP contribution is 2.30. The zero-order valence-corrected chi connectivity index (χ0v) is 6.24. The fourth-order valence-electron chi connectivity index (χ4n) is 0.587. The molecule has 0 aromatic carbocycles. The van der Waals surface area contributed by atoms with Crippen LogP contribution in [0.15, 0.2) is 17.3 Å². The summed E-state index contributed by atoms with van der Waals surface area (Å²) >= 11 is 0. The molecule has 0 bridgehead atoms. The lowest BCUT2D eigenvalue weighted by Gasteiger charge is -2.22. The van der Waals surface area contributed by atoms with Crippen LogP contribution in [0.5, 0.6) is 0 Å². The highest BCUT2D eigenvalue weighted by molar-refractivity contribution is 7.57. The van der Waals surface area contributed by atoms with Gasteiger partial charge in [0.25, 0.3) is 0 Å². The molecule has 1 aliphatic rings. The maximum atomic E-state index is 10.9. The Bertz CT molecular complexity index is 217. The first-order valence-corrected chi connectivity index (χ1v) is 4.53. The van der Waals surface area contributed by atoms with Crippen molar-refractivity contribution in [1.82, 2.24) is 4.67 Å². The van der Waals surface area contributed by atoms with E-state index in [1.165, 1.54) is 11.0 Å². The third-order valence-corrected chi connectivity index (χ3v) is 2.16. The van der Waals surface area contributed by atoms with E-state index in [0.717, 1.165) is 0 Å². The topological polar surface area (TPSA) is 84.7 Å².